The molecule has 0 saturated carbocycles. The zero-order chi connectivity index (χ0) is 12.4. The van der Waals surface area contributed by atoms with Crippen molar-refractivity contribution in [2.45, 2.75) is 6.92 Å². The summed E-state index contributed by atoms with van der Waals surface area (Å²) in [6.45, 7) is 1.55. The van der Waals surface area contributed by atoms with E-state index in [9.17, 15) is 8.78 Å². The summed E-state index contributed by atoms with van der Waals surface area (Å²) < 4.78 is 27.1. The maximum Gasteiger partial charge on any atom is 0.152 e. The van der Waals surface area contributed by atoms with Gasteiger partial charge in [-0.1, -0.05) is 6.07 Å². The van der Waals surface area contributed by atoms with Crippen molar-refractivity contribution in [2.24, 2.45) is 0 Å². The molecule has 88 valence electrons. The minimum Gasteiger partial charge on any atom is -0.382 e. The zero-order valence-electron chi connectivity index (χ0n) is 9.04. The van der Waals surface area contributed by atoms with E-state index in [0.717, 1.165) is 0 Å². The number of hydrogen-bond acceptors (Lipinski definition) is 4. The Kier molecular flexibility index (Phi) is 2.86. The SMILES string of the molecule is Cc1ccc(F)c(Nc2cnc(N)cn2)c1F. The van der Waals surface area contributed by atoms with Gasteiger partial charge >= 0.3 is 0 Å². The van der Waals surface area contributed by atoms with Gasteiger partial charge in [0.25, 0.3) is 0 Å². The minimum absolute atomic E-state index is 0.225. The van der Waals surface area contributed by atoms with Crippen LogP contribution < -0.4 is 11.1 Å². The molecule has 0 aliphatic heterocycles. The lowest BCUT2D eigenvalue weighted by Gasteiger charge is -2.09. The molecule has 17 heavy (non-hydrogen) atoms. The van der Waals surface area contributed by atoms with Crippen molar-refractivity contribution in [3.63, 3.8) is 0 Å². The second-order valence-corrected chi connectivity index (χ2v) is 3.50. The number of halogens is 2. The van der Waals surface area contributed by atoms with Crippen LogP contribution in [0.2, 0.25) is 0 Å². The van der Waals surface area contributed by atoms with Crippen LogP contribution in [0.1, 0.15) is 5.56 Å². The average molecular weight is 236 g/mol. The average Bonchev–Trinajstić information content (AvgIpc) is 2.32. The molecule has 0 radical (unpaired) electrons. The van der Waals surface area contributed by atoms with Crippen molar-refractivity contribution in [1.82, 2.24) is 9.97 Å². The molecule has 1 heterocycles. The highest BCUT2D eigenvalue weighted by atomic mass is 19.1. The summed E-state index contributed by atoms with van der Waals surface area (Å²) in [5.41, 5.74) is 5.45. The fourth-order valence-electron chi connectivity index (χ4n) is 1.30. The smallest absolute Gasteiger partial charge is 0.152 e. The van der Waals surface area contributed by atoms with Crippen LogP contribution in [0, 0.1) is 18.6 Å². The molecule has 4 nitrogen and oxygen atoms in total. The Morgan fingerprint density at radius 1 is 1.18 bits per heavy atom. The first-order valence-electron chi connectivity index (χ1n) is 4.87. The van der Waals surface area contributed by atoms with Gasteiger partial charge in [0.15, 0.2) is 5.82 Å². The van der Waals surface area contributed by atoms with Crippen molar-refractivity contribution >= 4 is 17.3 Å². The van der Waals surface area contributed by atoms with Crippen molar-refractivity contribution < 1.29 is 8.78 Å². The van der Waals surface area contributed by atoms with Gasteiger partial charge in [0, 0.05) is 0 Å². The summed E-state index contributed by atoms with van der Waals surface area (Å²) in [4.78, 5) is 7.62. The number of hydrogen-bond donors (Lipinski definition) is 2. The van der Waals surface area contributed by atoms with E-state index < -0.39 is 11.6 Å². The molecular formula is C11H10F2N4. The Labute approximate surface area is 96.5 Å². The number of benzene rings is 1. The first-order chi connectivity index (χ1) is 8.08. The van der Waals surface area contributed by atoms with Crippen molar-refractivity contribution in [3.05, 3.63) is 41.7 Å². The first-order valence-corrected chi connectivity index (χ1v) is 4.87. The van der Waals surface area contributed by atoms with Crippen LogP contribution in [0.25, 0.3) is 0 Å². The summed E-state index contributed by atoms with van der Waals surface area (Å²) in [5, 5.41) is 2.53. The quantitative estimate of drug-likeness (QED) is 0.840. The van der Waals surface area contributed by atoms with E-state index in [4.69, 9.17) is 5.73 Å². The van der Waals surface area contributed by atoms with Gasteiger partial charge in [0.05, 0.1) is 12.4 Å². The number of nitrogen functional groups attached to an aromatic ring is 1. The molecule has 2 aromatic rings. The van der Waals surface area contributed by atoms with Crippen LogP contribution in [0.5, 0.6) is 0 Å². The predicted octanol–water partition coefficient (Wildman–Crippen LogP) is 2.39. The van der Waals surface area contributed by atoms with Gasteiger partial charge in [-0.2, -0.15) is 0 Å². The molecule has 6 heteroatoms. The lowest BCUT2D eigenvalue weighted by molar-refractivity contribution is 0.584. The third-order valence-corrected chi connectivity index (χ3v) is 2.21. The van der Waals surface area contributed by atoms with Gasteiger partial charge < -0.3 is 11.1 Å². The fraction of sp³-hybridized carbons (Fsp3) is 0.0909. The van der Waals surface area contributed by atoms with Gasteiger partial charge in [-0.15, -0.1) is 0 Å². The van der Waals surface area contributed by atoms with E-state index in [1.54, 1.807) is 6.92 Å². The maximum atomic E-state index is 13.7. The highest BCUT2D eigenvalue weighted by Crippen LogP contribution is 2.24. The van der Waals surface area contributed by atoms with Crippen LogP contribution in [-0.2, 0) is 0 Å². The zero-order valence-corrected chi connectivity index (χ0v) is 9.04. The van der Waals surface area contributed by atoms with Crippen LogP contribution >= 0.6 is 0 Å². The Morgan fingerprint density at radius 2 is 1.94 bits per heavy atom. The standard InChI is InChI=1S/C11H10F2N4/c1-6-2-3-7(12)11(10(6)13)17-9-5-15-8(14)4-16-9/h2-5H,1H3,(H2,14,15)(H,16,17). The Bertz CT molecular complexity index is 540. The third kappa shape index (κ3) is 2.30. The highest BCUT2D eigenvalue weighted by Gasteiger charge is 2.11. The van der Waals surface area contributed by atoms with Crippen LogP contribution in [0.15, 0.2) is 24.5 Å². The van der Waals surface area contributed by atoms with Crippen LogP contribution in [0.4, 0.5) is 26.1 Å². The molecule has 0 bridgehead atoms. The molecule has 3 N–H and O–H groups in total. The van der Waals surface area contributed by atoms with Gasteiger partial charge in [0.1, 0.15) is 23.1 Å². The largest absolute Gasteiger partial charge is 0.382 e. The molecule has 0 amide bonds. The van der Waals surface area contributed by atoms with E-state index >= 15 is 0 Å². The van der Waals surface area contributed by atoms with Crippen LogP contribution in [-0.4, -0.2) is 9.97 Å². The van der Waals surface area contributed by atoms with E-state index in [0.29, 0.717) is 5.56 Å². The fourth-order valence-corrected chi connectivity index (χ4v) is 1.30. The maximum absolute atomic E-state index is 13.7. The molecule has 1 aromatic heterocycles. The molecule has 2 rings (SSSR count). The van der Waals surface area contributed by atoms with Crippen molar-refractivity contribution in [2.75, 3.05) is 11.1 Å². The summed E-state index contributed by atoms with van der Waals surface area (Å²) in [7, 11) is 0. The second-order valence-electron chi connectivity index (χ2n) is 3.50. The molecular weight excluding hydrogens is 226 g/mol. The van der Waals surface area contributed by atoms with E-state index in [2.05, 4.69) is 15.3 Å². The minimum atomic E-state index is -0.688. The molecule has 0 fully saturated rings. The first kappa shape index (κ1) is 11.3. The predicted molar refractivity (Wildman–Crippen MR) is 60.8 cm³/mol. The monoisotopic (exact) mass is 236 g/mol. The van der Waals surface area contributed by atoms with E-state index in [1.807, 2.05) is 0 Å². The topological polar surface area (TPSA) is 63.8 Å². The van der Waals surface area contributed by atoms with Gasteiger partial charge in [-0.05, 0) is 18.6 Å². The lowest BCUT2D eigenvalue weighted by atomic mass is 10.2. The summed E-state index contributed by atoms with van der Waals surface area (Å²) >= 11 is 0. The number of nitrogens with zero attached hydrogens (tertiary/aromatic N) is 2. The second kappa shape index (κ2) is 4.32. The van der Waals surface area contributed by atoms with Gasteiger partial charge in [0.2, 0.25) is 0 Å². The number of nitrogens with one attached hydrogen (secondary N) is 1. The molecule has 1 aromatic carbocycles. The number of rotatable bonds is 2. The molecule has 0 aliphatic rings. The summed E-state index contributed by atoms with van der Waals surface area (Å²) in [6, 6.07) is 2.55. The third-order valence-electron chi connectivity index (χ3n) is 2.21. The number of anilines is 3. The number of nitrogens with two attached hydrogens (primary N) is 1. The molecule has 0 aliphatic carbocycles. The highest BCUT2D eigenvalue weighted by molar-refractivity contribution is 5.58. The van der Waals surface area contributed by atoms with Gasteiger partial charge in [-0.3, -0.25) is 0 Å². The van der Waals surface area contributed by atoms with Crippen molar-refractivity contribution in [1.29, 1.82) is 0 Å². The summed E-state index contributed by atoms with van der Waals surface area (Å²) in [6.07, 6.45) is 2.60. The number of aromatic nitrogens is 2. The number of aryl methyl sites for hydroxylation is 1. The lowest BCUT2D eigenvalue weighted by Crippen LogP contribution is -2.02. The van der Waals surface area contributed by atoms with Gasteiger partial charge in [-0.25, -0.2) is 18.7 Å². The normalized spacial score (nSPS) is 10.3. The molecule has 0 spiro atoms. The summed E-state index contributed by atoms with van der Waals surface area (Å²) in [5.74, 6) is -0.876. The van der Waals surface area contributed by atoms with Crippen molar-refractivity contribution in [3.8, 4) is 0 Å². The van der Waals surface area contributed by atoms with Crippen LogP contribution in [0.3, 0.4) is 0 Å². The Balaban J connectivity index is 2.36. The van der Waals surface area contributed by atoms with E-state index in [1.165, 1.54) is 24.5 Å². The Morgan fingerprint density at radius 3 is 2.59 bits per heavy atom. The molecule has 0 saturated heterocycles. The van der Waals surface area contributed by atoms with E-state index in [-0.39, 0.29) is 17.3 Å². The molecule has 0 unspecified atom stereocenters. The molecule has 0 atom stereocenters. The Hall–Kier alpha value is -2.24.